The van der Waals surface area contributed by atoms with Crippen LogP contribution in [-0.2, 0) is 6.54 Å². The van der Waals surface area contributed by atoms with Crippen LogP contribution in [-0.4, -0.2) is 28.5 Å². The van der Waals surface area contributed by atoms with Gasteiger partial charge in [-0.3, -0.25) is 4.99 Å². The lowest BCUT2D eigenvalue weighted by Gasteiger charge is -2.00. The van der Waals surface area contributed by atoms with Crippen molar-refractivity contribution in [1.29, 1.82) is 0 Å². The molecule has 0 saturated heterocycles. The Balaban J connectivity index is 0.00000288. The summed E-state index contributed by atoms with van der Waals surface area (Å²) in [6.45, 7) is 3.12. The number of rotatable bonds is 7. The van der Waals surface area contributed by atoms with Gasteiger partial charge in [0.15, 0.2) is 11.1 Å². The molecule has 0 spiro atoms. The number of guanidine groups is 1. The Hall–Kier alpha value is -1.91. The van der Waals surface area contributed by atoms with Crippen LogP contribution in [0.2, 0.25) is 0 Å². The molecule has 2 heterocycles. The second kappa shape index (κ2) is 10.1. The van der Waals surface area contributed by atoms with E-state index in [4.69, 9.17) is 11.5 Å². The lowest BCUT2D eigenvalue weighted by molar-refractivity contribution is 0.248. The first-order valence-electron chi connectivity index (χ1n) is 7.09. The molecule has 24 heavy (non-hydrogen) atoms. The third kappa shape index (κ3) is 6.30. The molecule has 0 fully saturated rings. The van der Waals surface area contributed by atoms with Gasteiger partial charge in [0.1, 0.15) is 16.4 Å². The summed E-state index contributed by atoms with van der Waals surface area (Å²) in [4.78, 5) is 23.8. The molecule has 2 aromatic heterocycles. The molecule has 11 heteroatoms. The number of thiazole rings is 2. The fourth-order valence-corrected chi connectivity index (χ4v) is 3.07. The Morgan fingerprint density at radius 1 is 1.25 bits per heavy atom. The summed E-state index contributed by atoms with van der Waals surface area (Å²) >= 11 is 2.87. The number of urea groups is 1. The third-order valence-corrected chi connectivity index (χ3v) is 4.37. The van der Waals surface area contributed by atoms with E-state index in [9.17, 15) is 4.79 Å². The minimum Gasteiger partial charge on any atom is -0.370 e. The van der Waals surface area contributed by atoms with Gasteiger partial charge in [0.25, 0.3) is 0 Å². The fraction of sp³-hybridized carbons (Fsp3) is 0.385. The van der Waals surface area contributed by atoms with E-state index in [0.29, 0.717) is 24.2 Å². The Labute approximate surface area is 154 Å². The zero-order chi connectivity index (χ0) is 16.7. The lowest BCUT2D eigenvalue weighted by atomic mass is 10.3. The van der Waals surface area contributed by atoms with Gasteiger partial charge in [0.2, 0.25) is 0 Å². The Morgan fingerprint density at radius 3 is 2.67 bits per heavy atom. The van der Waals surface area contributed by atoms with Gasteiger partial charge in [-0.15, -0.1) is 35.1 Å². The SMILES string of the molecule is CCCCN=C(N)Nc1nc(-c2csc(CNC(N)=O)n2)cs1.Cl. The first-order valence-corrected chi connectivity index (χ1v) is 8.85. The number of unbranched alkanes of at least 4 members (excludes halogenated alkanes) is 1. The molecule has 6 N–H and O–H groups in total. The topological polar surface area (TPSA) is 131 Å². The number of carbonyl (C=O) groups is 1. The maximum absolute atomic E-state index is 10.7. The van der Waals surface area contributed by atoms with Crippen LogP contribution in [0.25, 0.3) is 11.4 Å². The predicted octanol–water partition coefficient (Wildman–Crippen LogP) is 2.38. The van der Waals surface area contributed by atoms with Crippen molar-refractivity contribution in [2.24, 2.45) is 16.5 Å². The number of anilines is 1. The van der Waals surface area contributed by atoms with Crippen molar-refractivity contribution in [1.82, 2.24) is 15.3 Å². The van der Waals surface area contributed by atoms with Crippen LogP contribution in [0.15, 0.2) is 15.8 Å². The van der Waals surface area contributed by atoms with Crippen LogP contribution >= 0.6 is 35.1 Å². The molecular formula is C13H20ClN7OS2. The van der Waals surface area contributed by atoms with Crippen molar-refractivity contribution in [2.75, 3.05) is 11.9 Å². The number of nitrogens with zero attached hydrogens (tertiary/aromatic N) is 3. The number of carbonyl (C=O) groups excluding carboxylic acids is 1. The quantitative estimate of drug-likeness (QED) is 0.328. The highest BCUT2D eigenvalue weighted by atomic mass is 35.5. The predicted molar refractivity (Wildman–Crippen MR) is 102 cm³/mol. The third-order valence-electron chi connectivity index (χ3n) is 2.76. The number of hydrogen-bond acceptors (Lipinski definition) is 6. The van der Waals surface area contributed by atoms with E-state index in [1.54, 1.807) is 0 Å². The summed E-state index contributed by atoms with van der Waals surface area (Å²) in [6.07, 6.45) is 2.08. The molecular weight excluding hydrogens is 370 g/mol. The summed E-state index contributed by atoms with van der Waals surface area (Å²) in [7, 11) is 0. The zero-order valence-corrected chi connectivity index (χ0v) is 15.6. The van der Waals surface area contributed by atoms with Crippen molar-refractivity contribution in [2.45, 2.75) is 26.3 Å². The summed E-state index contributed by atoms with van der Waals surface area (Å²) in [6, 6.07) is -0.570. The van der Waals surface area contributed by atoms with E-state index in [-0.39, 0.29) is 12.4 Å². The lowest BCUT2D eigenvalue weighted by Crippen LogP contribution is -2.28. The Kier molecular flexibility index (Phi) is 8.44. The van der Waals surface area contributed by atoms with Crippen LogP contribution < -0.4 is 22.1 Å². The highest BCUT2D eigenvalue weighted by Crippen LogP contribution is 2.26. The van der Waals surface area contributed by atoms with Gasteiger partial charge in [-0.1, -0.05) is 13.3 Å². The van der Waals surface area contributed by atoms with Crippen LogP contribution in [0.4, 0.5) is 9.93 Å². The molecule has 0 aliphatic carbocycles. The normalized spacial score (nSPS) is 11.0. The number of halogens is 1. The molecule has 0 unspecified atom stereocenters. The average Bonchev–Trinajstić information content (AvgIpc) is 3.14. The number of aliphatic imine (C=N–C) groups is 1. The summed E-state index contributed by atoms with van der Waals surface area (Å²) in [5.74, 6) is 0.365. The van der Waals surface area contributed by atoms with Crippen molar-refractivity contribution >= 4 is 52.2 Å². The Bertz CT molecular complexity index is 685. The van der Waals surface area contributed by atoms with E-state index in [1.165, 1.54) is 22.7 Å². The molecule has 0 aromatic carbocycles. The first-order chi connectivity index (χ1) is 11.1. The standard InChI is InChI=1S/C13H19N7OS2.ClH/c1-2-3-4-16-11(14)20-13-19-9(7-23-13)8-6-22-10(18-8)5-17-12(15)21;/h6-7H,2-5H2,1H3,(H3,15,17,21)(H3,14,16,19,20);1H. The minimum absolute atomic E-state index is 0. The van der Waals surface area contributed by atoms with Crippen molar-refractivity contribution < 1.29 is 4.79 Å². The first kappa shape index (κ1) is 20.1. The molecule has 2 aromatic rings. The summed E-state index contributed by atoms with van der Waals surface area (Å²) in [5.41, 5.74) is 12.3. The van der Waals surface area contributed by atoms with Crippen LogP contribution in [0.5, 0.6) is 0 Å². The number of amides is 2. The molecule has 0 saturated carbocycles. The molecule has 0 radical (unpaired) electrons. The second-order valence-electron chi connectivity index (χ2n) is 4.63. The van der Waals surface area contributed by atoms with Crippen molar-refractivity contribution in [3.8, 4) is 11.4 Å². The van der Waals surface area contributed by atoms with E-state index < -0.39 is 6.03 Å². The van der Waals surface area contributed by atoms with Gasteiger partial charge in [0, 0.05) is 17.3 Å². The zero-order valence-electron chi connectivity index (χ0n) is 13.1. The molecule has 0 aliphatic rings. The maximum Gasteiger partial charge on any atom is 0.312 e. The number of primary amides is 1. The van der Waals surface area contributed by atoms with Crippen molar-refractivity contribution in [3.63, 3.8) is 0 Å². The maximum atomic E-state index is 10.7. The van der Waals surface area contributed by atoms with E-state index in [1.807, 2.05) is 10.8 Å². The highest BCUT2D eigenvalue weighted by molar-refractivity contribution is 7.14. The molecule has 2 amide bonds. The highest BCUT2D eigenvalue weighted by Gasteiger charge is 2.09. The molecule has 0 atom stereocenters. The number of nitrogens with two attached hydrogens (primary N) is 2. The fourth-order valence-electron chi connectivity index (χ4n) is 1.63. The number of nitrogens with one attached hydrogen (secondary N) is 2. The van der Waals surface area contributed by atoms with Gasteiger partial charge in [-0.05, 0) is 6.42 Å². The minimum atomic E-state index is -0.570. The number of aromatic nitrogens is 2. The molecule has 132 valence electrons. The van der Waals surface area contributed by atoms with Gasteiger partial charge < -0.3 is 22.1 Å². The van der Waals surface area contributed by atoms with E-state index in [2.05, 4.69) is 32.5 Å². The largest absolute Gasteiger partial charge is 0.370 e. The second-order valence-corrected chi connectivity index (χ2v) is 6.43. The van der Waals surface area contributed by atoms with Crippen LogP contribution in [0.1, 0.15) is 24.8 Å². The number of hydrogen-bond donors (Lipinski definition) is 4. The molecule has 0 bridgehead atoms. The summed E-state index contributed by atoms with van der Waals surface area (Å²) < 4.78 is 0. The average molecular weight is 390 g/mol. The van der Waals surface area contributed by atoms with Gasteiger partial charge in [-0.25, -0.2) is 14.8 Å². The Morgan fingerprint density at radius 2 is 1.96 bits per heavy atom. The van der Waals surface area contributed by atoms with E-state index >= 15 is 0 Å². The summed E-state index contributed by atoms with van der Waals surface area (Å²) in [5, 5.41) is 10.7. The van der Waals surface area contributed by atoms with Gasteiger partial charge in [0.05, 0.1) is 6.54 Å². The van der Waals surface area contributed by atoms with Crippen molar-refractivity contribution in [3.05, 3.63) is 15.8 Å². The molecule has 0 aliphatic heterocycles. The van der Waals surface area contributed by atoms with Gasteiger partial charge in [-0.2, -0.15) is 0 Å². The molecule has 8 nitrogen and oxygen atoms in total. The monoisotopic (exact) mass is 389 g/mol. The molecule has 2 rings (SSSR count). The van der Waals surface area contributed by atoms with E-state index in [0.717, 1.165) is 29.2 Å². The van der Waals surface area contributed by atoms with Crippen LogP contribution in [0, 0.1) is 0 Å². The van der Waals surface area contributed by atoms with Gasteiger partial charge >= 0.3 is 6.03 Å². The smallest absolute Gasteiger partial charge is 0.312 e. The van der Waals surface area contributed by atoms with Crippen LogP contribution in [0.3, 0.4) is 0 Å².